The van der Waals surface area contributed by atoms with Gasteiger partial charge in [0.25, 0.3) is 5.91 Å². The number of amides is 3. The summed E-state index contributed by atoms with van der Waals surface area (Å²) in [5.41, 5.74) is 2.12. The zero-order valence-electron chi connectivity index (χ0n) is 17.8. The fraction of sp³-hybridized carbons (Fsp3) is 0.120. The molecule has 3 amide bonds. The van der Waals surface area contributed by atoms with E-state index in [0.717, 1.165) is 42.2 Å². The van der Waals surface area contributed by atoms with E-state index in [1.807, 2.05) is 17.4 Å². The fourth-order valence-corrected chi connectivity index (χ4v) is 3.71. The predicted molar refractivity (Wildman–Crippen MR) is 126 cm³/mol. The van der Waals surface area contributed by atoms with Crippen molar-refractivity contribution in [3.05, 3.63) is 100 Å². The highest BCUT2D eigenvalue weighted by Crippen LogP contribution is 2.46. The first-order valence-electron chi connectivity index (χ1n) is 10.4. The van der Waals surface area contributed by atoms with E-state index < -0.39 is 29.1 Å². The molecule has 9 heteroatoms. The molecular formula is C25H20ClF2N3O3. The second-order valence-corrected chi connectivity index (χ2v) is 8.16. The zero-order valence-corrected chi connectivity index (χ0v) is 18.5. The number of rotatable bonds is 6. The number of carbonyl (C=O) groups is 2. The van der Waals surface area contributed by atoms with Gasteiger partial charge in [-0.1, -0.05) is 29.8 Å². The van der Waals surface area contributed by atoms with Crippen LogP contribution in [0, 0.1) is 17.6 Å². The molecule has 0 radical (unpaired) electrons. The second-order valence-electron chi connectivity index (χ2n) is 7.72. The summed E-state index contributed by atoms with van der Waals surface area (Å²) in [4.78, 5) is 29.5. The molecule has 0 atom stereocenters. The van der Waals surface area contributed by atoms with Gasteiger partial charge in [-0.15, -0.1) is 0 Å². The first-order valence-corrected chi connectivity index (χ1v) is 10.8. The molecule has 0 spiro atoms. The highest BCUT2D eigenvalue weighted by atomic mass is 35.5. The van der Waals surface area contributed by atoms with Gasteiger partial charge in [0.2, 0.25) is 0 Å². The Hall–Kier alpha value is -3.75. The molecule has 0 saturated heterocycles. The number of hydrogen-bond acceptors (Lipinski definition) is 4. The number of nitrogens with two attached hydrogens (primary N) is 1. The van der Waals surface area contributed by atoms with E-state index in [-0.39, 0.29) is 0 Å². The molecule has 0 unspecified atom stereocenters. The first-order chi connectivity index (χ1) is 16.4. The molecule has 4 N–H and O–H groups in total. The van der Waals surface area contributed by atoms with Crippen LogP contribution in [-0.4, -0.2) is 11.9 Å². The largest absolute Gasteiger partial charge is 0.411 e. The number of carbonyl (C=O) groups excluding carboxylic acids is 2. The Morgan fingerprint density at radius 2 is 1.50 bits per heavy atom. The molecule has 174 valence electrons. The minimum atomic E-state index is -1.19. The summed E-state index contributed by atoms with van der Waals surface area (Å²) < 4.78 is 27.5. The van der Waals surface area contributed by atoms with Gasteiger partial charge in [-0.05, 0) is 72.9 Å². The van der Waals surface area contributed by atoms with Crippen LogP contribution in [0.5, 0.6) is 0 Å². The molecule has 1 saturated carbocycles. The second kappa shape index (κ2) is 10.0. The minimum absolute atomic E-state index is 0.313. The molecule has 4 rings (SSSR count). The molecule has 1 fully saturated rings. The van der Waals surface area contributed by atoms with E-state index in [2.05, 4.69) is 5.32 Å². The molecule has 1 aliphatic carbocycles. The van der Waals surface area contributed by atoms with Gasteiger partial charge < -0.3 is 10.2 Å². The Bertz CT molecular complexity index is 1240. The monoisotopic (exact) mass is 483 g/mol. The van der Waals surface area contributed by atoms with Crippen molar-refractivity contribution in [3.63, 3.8) is 0 Å². The zero-order chi connectivity index (χ0) is 24.2. The first kappa shape index (κ1) is 23.4. The number of anilines is 1. The van der Waals surface area contributed by atoms with Gasteiger partial charge in [-0.3, -0.25) is 10.1 Å². The quantitative estimate of drug-likeness (QED) is 0.236. The number of hydrogen-bond donors (Lipinski definition) is 3. The number of urea groups is 1. The molecule has 0 aliphatic heterocycles. The summed E-state index contributed by atoms with van der Waals surface area (Å²) in [6.07, 6.45) is 2.03. The van der Waals surface area contributed by atoms with Crippen molar-refractivity contribution in [3.8, 4) is 0 Å². The smallest absolute Gasteiger partial charge is 0.326 e. The normalized spacial score (nSPS) is 13.6. The summed E-state index contributed by atoms with van der Waals surface area (Å²) >= 11 is 6.01. The molecule has 6 nitrogen and oxygen atoms in total. The lowest BCUT2D eigenvalue weighted by Crippen LogP contribution is -2.35. The molecular weight excluding hydrogens is 464 g/mol. The van der Waals surface area contributed by atoms with E-state index in [4.69, 9.17) is 22.3 Å². The molecule has 0 aromatic heterocycles. The summed E-state index contributed by atoms with van der Waals surface area (Å²) in [6.45, 7) is 0. The van der Waals surface area contributed by atoms with Crippen LogP contribution < -0.4 is 16.5 Å². The average Bonchev–Trinajstić information content (AvgIpc) is 3.64. The Kier molecular flexibility index (Phi) is 6.90. The van der Waals surface area contributed by atoms with Crippen LogP contribution in [0.25, 0.3) is 11.3 Å². The van der Waals surface area contributed by atoms with Gasteiger partial charge in [0, 0.05) is 21.8 Å². The van der Waals surface area contributed by atoms with Gasteiger partial charge >= 0.3 is 6.03 Å². The molecule has 34 heavy (non-hydrogen) atoms. The lowest BCUT2D eigenvalue weighted by Gasteiger charge is -2.15. The molecule has 0 bridgehead atoms. The van der Waals surface area contributed by atoms with Crippen LogP contribution in [0.2, 0.25) is 5.02 Å². The van der Waals surface area contributed by atoms with Crippen LogP contribution in [0.3, 0.4) is 0 Å². The Morgan fingerprint density at radius 1 is 0.912 bits per heavy atom. The fourth-order valence-electron chi connectivity index (χ4n) is 3.59. The Labute approximate surface area is 199 Å². The number of benzene rings is 3. The molecule has 3 aromatic rings. The van der Waals surface area contributed by atoms with Crippen molar-refractivity contribution in [1.82, 2.24) is 5.32 Å². The lowest BCUT2D eigenvalue weighted by molar-refractivity contribution is 0.0959. The number of halogens is 3. The van der Waals surface area contributed by atoms with Crippen molar-refractivity contribution in [2.24, 2.45) is 11.8 Å². The number of allylic oxidation sites excluding steroid dienone is 1. The summed E-state index contributed by atoms with van der Waals surface area (Å²) in [5, 5.41) is 4.98. The van der Waals surface area contributed by atoms with Crippen molar-refractivity contribution < 1.29 is 23.2 Å². The average molecular weight is 484 g/mol. The standard InChI is InChI=1S/C25H20ClF2N3O3/c26-17-10-6-15(7-11-17)21(14-4-5-14)23(34-29)16-8-12-18(13-9-16)30-25(33)31-24(32)22-19(27)2-1-3-20(22)28/h1-3,6-14H,4-5,29H2,(H2,30,31,32,33). The summed E-state index contributed by atoms with van der Waals surface area (Å²) in [5.74, 6) is 3.12. The Morgan fingerprint density at radius 3 is 2.06 bits per heavy atom. The number of nitrogens with one attached hydrogen (secondary N) is 2. The van der Waals surface area contributed by atoms with Crippen LogP contribution in [0.15, 0.2) is 66.7 Å². The molecule has 3 aromatic carbocycles. The highest BCUT2D eigenvalue weighted by molar-refractivity contribution is 6.30. The van der Waals surface area contributed by atoms with Crippen molar-refractivity contribution in [2.45, 2.75) is 12.8 Å². The maximum absolute atomic E-state index is 13.7. The minimum Gasteiger partial charge on any atom is -0.411 e. The third kappa shape index (κ3) is 5.24. The van der Waals surface area contributed by atoms with Crippen LogP contribution in [-0.2, 0) is 4.84 Å². The van der Waals surface area contributed by atoms with E-state index in [9.17, 15) is 18.4 Å². The van der Waals surface area contributed by atoms with E-state index in [1.54, 1.807) is 36.4 Å². The van der Waals surface area contributed by atoms with Gasteiger partial charge in [-0.25, -0.2) is 13.6 Å². The topological polar surface area (TPSA) is 93.4 Å². The van der Waals surface area contributed by atoms with Crippen LogP contribution in [0.4, 0.5) is 19.3 Å². The maximum atomic E-state index is 13.7. The van der Waals surface area contributed by atoms with Gasteiger partial charge in [0.15, 0.2) is 5.76 Å². The van der Waals surface area contributed by atoms with Gasteiger partial charge in [0.1, 0.15) is 17.2 Å². The predicted octanol–water partition coefficient (Wildman–Crippen LogP) is 5.75. The third-order valence-electron chi connectivity index (χ3n) is 5.33. The van der Waals surface area contributed by atoms with E-state index >= 15 is 0 Å². The van der Waals surface area contributed by atoms with Crippen molar-refractivity contribution in [2.75, 3.05) is 5.32 Å². The van der Waals surface area contributed by atoms with Gasteiger partial charge in [-0.2, -0.15) is 5.90 Å². The highest BCUT2D eigenvalue weighted by Gasteiger charge is 2.31. The lowest BCUT2D eigenvalue weighted by atomic mass is 9.97. The van der Waals surface area contributed by atoms with E-state index in [1.165, 1.54) is 0 Å². The van der Waals surface area contributed by atoms with Crippen LogP contribution in [0.1, 0.15) is 34.3 Å². The van der Waals surface area contributed by atoms with Crippen LogP contribution >= 0.6 is 11.6 Å². The van der Waals surface area contributed by atoms with Crippen molar-refractivity contribution >= 4 is 40.6 Å². The number of imide groups is 1. The SMILES string of the molecule is NOC(=C(c1ccc(Cl)cc1)C1CC1)c1ccc(NC(=O)NC(=O)c2c(F)cccc2F)cc1. The molecule has 0 heterocycles. The summed E-state index contributed by atoms with van der Waals surface area (Å²) in [7, 11) is 0. The third-order valence-corrected chi connectivity index (χ3v) is 5.58. The van der Waals surface area contributed by atoms with E-state index in [0.29, 0.717) is 28.0 Å². The maximum Gasteiger partial charge on any atom is 0.326 e. The van der Waals surface area contributed by atoms with Crippen molar-refractivity contribution in [1.29, 1.82) is 0 Å². The van der Waals surface area contributed by atoms with Gasteiger partial charge in [0.05, 0.1) is 0 Å². The summed E-state index contributed by atoms with van der Waals surface area (Å²) in [6, 6.07) is 16.0. The molecule has 1 aliphatic rings. The Balaban J connectivity index is 1.51.